The molecule has 0 spiro atoms. The first-order valence-corrected chi connectivity index (χ1v) is 5.54. The smallest absolute Gasteiger partial charge is 0.184 e. The van der Waals surface area contributed by atoms with Gasteiger partial charge >= 0.3 is 0 Å². The van der Waals surface area contributed by atoms with E-state index in [1.165, 1.54) is 0 Å². The van der Waals surface area contributed by atoms with Gasteiger partial charge in [0.1, 0.15) is 11.5 Å². The van der Waals surface area contributed by atoms with Crippen molar-refractivity contribution in [3.8, 4) is 11.5 Å². The molecule has 0 unspecified atom stereocenters. The van der Waals surface area contributed by atoms with Gasteiger partial charge in [0.25, 0.3) is 0 Å². The quantitative estimate of drug-likeness (QED) is 0.632. The third kappa shape index (κ3) is 3.37. The minimum Gasteiger partial charge on any atom is -0.496 e. The van der Waals surface area contributed by atoms with Crippen LogP contribution >= 0.6 is 0 Å². The Kier molecular flexibility index (Phi) is 4.82. The molecule has 0 amide bonds. The molecule has 1 aromatic carbocycles. The first kappa shape index (κ1) is 13.4. The van der Waals surface area contributed by atoms with Crippen LogP contribution in [-0.4, -0.2) is 26.7 Å². The third-order valence-electron chi connectivity index (χ3n) is 2.47. The molecule has 0 aromatic heterocycles. The van der Waals surface area contributed by atoms with Crippen LogP contribution in [0, 0.1) is 12.3 Å². The molecule has 0 saturated carbocycles. The van der Waals surface area contributed by atoms with Crippen molar-refractivity contribution in [1.29, 1.82) is 5.41 Å². The lowest BCUT2D eigenvalue weighted by Crippen LogP contribution is -2.08. The Morgan fingerprint density at radius 3 is 2.35 bits per heavy atom. The average Bonchev–Trinajstić information content (AvgIpc) is 2.31. The van der Waals surface area contributed by atoms with Crippen LogP contribution in [0.4, 0.5) is 0 Å². The van der Waals surface area contributed by atoms with Gasteiger partial charge in [0.15, 0.2) is 5.90 Å². The van der Waals surface area contributed by atoms with Gasteiger partial charge in [-0.3, -0.25) is 5.41 Å². The summed E-state index contributed by atoms with van der Waals surface area (Å²) in [5.41, 5.74) is 1.91. The predicted octanol–water partition coefficient (Wildman–Crippen LogP) is 2.57. The number of nitrogens with one attached hydrogen (secondary N) is 1. The second kappa shape index (κ2) is 6.13. The summed E-state index contributed by atoms with van der Waals surface area (Å²) >= 11 is 0. The Labute approximate surface area is 102 Å². The highest BCUT2D eigenvalue weighted by atomic mass is 16.5. The number of hydrogen-bond acceptors (Lipinski definition) is 4. The second-order valence-corrected chi connectivity index (χ2v) is 3.67. The number of ether oxygens (including phenoxy) is 3. The van der Waals surface area contributed by atoms with Crippen molar-refractivity contribution < 1.29 is 14.2 Å². The van der Waals surface area contributed by atoms with Crippen molar-refractivity contribution >= 4 is 5.90 Å². The minimum absolute atomic E-state index is 0.233. The molecule has 1 aromatic rings. The fourth-order valence-electron chi connectivity index (χ4n) is 1.65. The maximum absolute atomic E-state index is 7.66. The number of aryl methyl sites for hydroxylation is 1. The second-order valence-electron chi connectivity index (χ2n) is 3.67. The first-order chi connectivity index (χ1) is 8.12. The van der Waals surface area contributed by atoms with Gasteiger partial charge < -0.3 is 14.2 Å². The summed E-state index contributed by atoms with van der Waals surface area (Å²) in [6.45, 7) is 4.32. The summed E-state index contributed by atoms with van der Waals surface area (Å²) in [7, 11) is 3.25. The van der Waals surface area contributed by atoms with E-state index < -0.39 is 0 Å². The van der Waals surface area contributed by atoms with Gasteiger partial charge in [-0.05, 0) is 31.5 Å². The molecular weight excluding hydrogens is 218 g/mol. The molecule has 0 bridgehead atoms. The molecule has 1 N–H and O–H groups in total. The fraction of sp³-hybridized carbons (Fsp3) is 0.462. The highest BCUT2D eigenvalue weighted by Gasteiger charge is 2.11. The van der Waals surface area contributed by atoms with Crippen LogP contribution in [0.3, 0.4) is 0 Å². The molecule has 0 fully saturated rings. The predicted molar refractivity (Wildman–Crippen MR) is 67.3 cm³/mol. The van der Waals surface area contributed by atoms with Crippen LogP contribution in [-0.2, 0) is 11.2 Å². The molecule has 0 heterocycles. The van der Waals surface area contributed by atoms with Crippen LogP contribution in [0.1, 0.15) is 18.1 Å². The summed E-state index contributed by atoms with van der Waals surface area (Å²) in [5.74, 6) is 1.79. The highest BCUT2D eigenvalue weighted by molar-refractivity contribution is 5.76. The summed E-state index contributed by atoms with van der Waals surface area (Å²) in [6, 6.07) is 3.80. The molecule has 4 heteroatoms. The standard InChI is InChI=1S/C13H19NO3/c1-5-17-13(14)8-10-7-11(15-3)9(2)6-12(10)16-4/h6-7,14H,5,8H2,1-4H3. The van der Waals surface area contributed by atoms with Crippen LogP contribution in [0.2, 0.25) is 0 Å². The summed E-state index contributed by atoms with van der Waals surface area (Å²) in [6.07, 6.45) is 0.410. The molecule has 0 aliphatic rings. The van der Waals surface area contributed by atoms with E-state index in [0.29, 0.717) is 13.0 Å². The zero-order valence-electron chi connectivity index (χ0n) is 10.8. The van der Waals surface area contributed by atoms with Crippen LogP contribution in [0.15, 0.2) is 12.1 Å². The summed E-state index contributed by atoms with van der Waals surface area (Å²) in [5, 5.41) is 7.66. The van der Waals surface area contributed by atoms with E-state index in [9.17, 15) is 0 Å². The SMILES string of the molecule is CCOC(=N)Cc1cc(OC)c(C)cc1OC. The molecule has 0 aliphatic carbocycles. The van der Waals surface area contributed by atoms with E-state index in [2.05, 4.69) is 0 Å². The molecule has 4 nitrogen and oxygen atoms in total. The molecule has 17 heavy (non-hydrogen) atoms. The van der Waals surface area contributed by atoms with Crippen molar-refractivity contribution in [2.75, 3.05) is 20.8 Å². The Balaban J connectivity index is 2.99. The zero-order valence-corrected chi connectivity index (χ0v) is 10.8. The van der Waals surface area contributed by atoms with Gasteiger partial charge in [-0.25, -0.2) is 0 Å². The Morgan fingerprint density at radius 1 is 1.18 bits per heavy atom. The fourth-order valence-corrected chi connectivity index (χ4v) is 1.65. The van der Waals surface area contributed by atoms with E-state index in [-0.39, 0.29) is 5.90 Å². The van der Waals surface area contributed by atoms with Crippen molar-refractivity contribution in [3.63, 3.8) is 0 Å². The van der Waals surface area contributed by atoms with E-state index in [1.807, 2.05) is 26.0 Å². The average molecular weight is 237 g/mol. The van der Waals surface area contributed by atoms with Crippen molar-refractivity contribution in [2.45, 2.75) is 20.3 Å². The Bertz CT molecular complexity index is 402. The van der Waals surface area contributed by atoms with Gasteiger partial charge in [-0.15, -0.1) is 0 Å². The largest absolute Gasteiger partial charge is 0.496 e. The lowest BCUT2D eigenvalue weighted by atomic mass is 10.1. The van der Waals surface area contributed by atoms with Crippen LogP contribution < -0.4 is 9.47 Å². The Hall–Kier alpha value is -1.71. The lowest BCUT2D eigenvalue weighted by molar-refractivity contribution is 0.316. The summed E-state index contributed by atoms with van der Waals surface area (Å²) < 4.78 is 15.7. The molecule has 0 aliphatic heterocycles. The van der Waals surface area contributed by atoms with E-state index >= 15 is 0 Å². The van der Waals surface area contributed by atoms with E-state index in [1.54, 1.807) is 14.2 Å². The maximum atomic E-state index is 7.66. The van der Waals surface area contributed by atoms with Crippen molar-refractivity contribution in [2.24, 2.45) is 0 Å². The van der Waals surface area contributed by atoms with Gasteiger partial charge in [0.05, 0.1) is 27.2 Å². The van der Waals surface area contributed by atoms with Gasteiger partial charge in [0, 0.05) is 5.56 Å². The van der Waals surface area contributed by atoms with Gasteiger partial charge in [-0.1, -0.05) is 0 Å². The minimum atomic E-state index is 0.233. The van der Waals surface area contributed by atoms with Crippen molar-refractivity contribution in [3.05, 3.63) is 23.3 Å². The van der Waals surface area contributed by atoms with Crippen LogP contribution in [0.5, 0.6) is 11.5 Å². The first-order valence-electron chi connectivity index (χ1n) is 5.54. The molecule has 0 radical (unpaired) electrons. The van der Waals surface area contributed by atoms with Gasteiger partial charge in [-0.2, -0.15) is 0 Å². The number of rotatable bonds is 5. The third-order valence-corrected chi connectivity index (χ3v) is 2.47. The molecule has 0 saturated heterocycles. The molecule has 94 valence electrons. The number of hydrogen-bond donors (Lipinski definition) is 1. The van der Waals surface area contributed by atoms with E-state index in [0.717, 1.165) is 22.6 Å². The molecule has 1 rings (SSSR count). The van der Waals surface area contributed by atoms with E-state index in [4.69, 9.17) is 19.6 Å². The maximum Gasteiger partial charge on any atom is 0.184 e. The van der Waals surface area contributed by atoms with Crippen LogP contribution in [0.25, 0.3) is 0 Å². The summed E-state index contributed by atoms with van der Waals surface area (Å²) in [4.78, 5) is 0. The molecular formula is C13H19NO3. The van der Waals surface area contributed by atoms with Gasteiger partial charge in [0.2, 0.25) is 0 Å². The monoisotopic (exact) mass is 237 g/mol. The van der Waals surface area contributed by atoms with Crippen molar-refractivity contribution in [1.82, 2.24) is 0 Å². The Morgan fingerprint density at radius 2 is 1.82 bits per heavy atom. The topological polar surface area (TPSA) is 51.5 Å². The zero-order chi connectivity index (χ0) is 12.8. The normalized spacial score (nSPS) is 9.88. The molecule has 0 atom stereocenters. The number of benzene rings is 1. The lowest BCUT2D eigenvalue weighted by Gasteiger charge is -2.13. The number of methoxy groups -OCH3 is 2. The highest BCUT2D eigenvalue weighted by Crippen LogP contribution is 2.28.